The zero-order valence-electron chi connectivity index (χ0n) is 15.4. The number of carbonyl (C=O) groups is 1. The third kappa shape index (κ3) is 5.90. The number of aromatic nitrogens is 2. The summed E-state index contributed by atoms with van der Waals surface area (Å²) >= 11 is 4.72. The predicted molar refractivity (Wildman–Crippen MR) is 114 cm³/mol. The lowest BCUT2D eigenvalue weighted by Crippen LogP contribution is -2.33. The van der Waals surface area contributed by atoms with Gasteiger partial charge in [-0.05, 0) is 47.2 Å². The van der Waals surface area contributed by atoms with Crippen molar-refractivity contribution in [3.8, 4) is 0 Å². The number of hydrazone groups is 1. The van der Waals surface area contributed by atoms with E-state index >= 15 is 0 Å². The average Bonchev–Trinajstić information content (AvgIpc) is 2.65. The second-order valence-corrected chi connectivity index (χ2v) is 7.33. The topological polar surface area (TPSA) is 76.3 Å². The predicted octanol–water partition coefficient (Wildman–Crippen LogP) is 3.37. The normalized spacial score (nSPS) is 11.8. The molecule has 0 radical (unpaired) electrons. The number of allylic oxidation sites excluding steroid dienone is 1. The highest BCUT2D eigenvalue weighted by molar-refractivity contribution is 9.12. The summed E-state index contributed by atoms with van der Waals surface area (Å²) in [7, 11) is 0. The molecule has 2 rings (SSSR count). The van der Waals surface area contributed by atoms with Gasteiger partial charge in [-0.3, -0.25) is 14.2 Å². The number of carbonyl (C=O) groups excluding carboxylic acids is 1. The van der Waals surface area contributed by atoms with Crippen LogP contribution in [0.4, 0.5) is 0 Å². The summed E-state index contributed by atoms with van der Waals surface area (Å²) in [5.74, 6) is -0.392. The van der Waals surface area contributed by atoms with Crippen molar-refractivity contribution in [3.05, 3.63) is 62.0 Å². The molecule has 6 nitrogen and oxygen atoms in total. The molecule has 0 aliphatic carbocycles. The largest absolute Gasteiger partial charge is 0.278 e. The molecular formula is C19H21BrN4O2S. The minimum atomic E-state index is -0.392. The Labute approximate surface area is 170 Å². The lowest BCUT2D eigenvalue weighted by atomic mass is 10.2. The van der Waals surface area contributed by atoms with Crippen molar-refractivity contribution in [2.75, 3.05) is 6.26 Å². The Balaban J connectivity index is 2.08. The summed E-state index contributed by atoms with van der Waals surface area (Å²) in [6.07, 6.45) is 5.77. The van der Waals surface area contributed by atoms with Crippen molar-refractivity contribution in [3.63, 3.8) is 0 Å². The molecule has 1 amide bonds. The maximum Gasteiger partial charge on any atom is 0.260 e. The summed E-state index contributed by atoms with van der Waals surface area (Å²) in [4.78, 5) is 29.2. The van der Waals surface area contributed by atoms with Gasteiger partial charge in [0, 0.05) is 15.7 Å². The van der Waals surface area contributed by atoms with Crippen LogP contribution >= 0.6 is 27.7 Å². The highest BCUT2D eigenvalue weighted by atomic mass is 79.9. The van der Waals surface area contributed by atoms with Crippen LogP contribution in [-0.2, 0) is 17.8 Å². The number of hydrogen-bond acceptors (Lipinski definition) is 5. The molecule has 2 aromatic rings. The highest BCUT2D eigenvalue weighted by Gasteiger charge is 2.14. The first kappa shape index (κ1) is 21.1. The molecule has 0 saturated heterocycles. The second-order valence-electron chi connectivity index (χ2n) is 5.64. The van der Waals surface area contributed by atoms with Gasteiger partial charge in [0.25, 0.3) is 11.5 Å². The van der Waals surface area contributed by atoms with Gasteiger partial charge in [0.15, 0.2) is 5.16 Å². The third-order valence-electron chi connectivity index (χ3n) is 3.75. The van der Waals surface area contributed by atoms with Crippen molar-refractivity contribution < 1.29 is 4.79 Å². The fourth-order valence-corrected chi connectivity index (χ4v) is 3.43. The zero-order valence-corrected chi connectivity index (χ0v) is 17.8. The number of aryl methyl sites for hydroxylation is 1. The number of nitrogens with one attached hydrogen (secondary N) is 1. The van der Waals surface area contributed by atoms with Gasteiger partial charge in [-0.25, -0.2) is 10.4 Å². The van der Waals surface area contributed by atoms with Crippen molar-refractivity contribution >= 4 is 45.9 Å². The van der Waals surface area contributed by atoms with E-state index in [1.807, 2.05) is 56.5 Å². The Morgan fingerprint density at radius 3 is 2.70 bits per heavy atom. The molecule has 1 aromatic carbocycles. The van der Waals surface area contributed by atoms with Crippen molar-refractivity contribution in [1.82, 2.24) is 15.0 Å². The fourth-order valence-electron chi connectivity index (χ4n) is 2.47. The van der Waals surface area contributed by atoms with Crippen LogP contribution in [0.1, 0.15) is 23.7 Å². The molecule has 0 unspecified atom stereocenters. The molecule has 8 heteroatoms. The van der Waals surface area contributed by atoms with Gasteiger partial charge < -0.3 is 0 Å². The number of halogens is 1. The lowest BCUT2D eigenvalue weighted by Gasteiger charge is -2.12. The monoisotopic (exact) mass is 448 g/mol. The van der Waals surface area contributed by atoms with Crippen molar-refractivity contribution in [1.29, 1.82) is 0 Å². The van der Waals surface area contributed by atoms with Gasteiger partial charge in [-0.1, -0.05) is 49.0 Å². The molecule has 0 aliphatic rings. The SMILES string of the molecule is CCc1c(C)nc(SC)n(CC(=O)NN=CC(Br)=Cc2ccccc2)c1=O. The molecule has 0 fully saturated rings. The standard InChI is InChI=1S/C19H21BrN4O2S/c1-4-16-13(2)22-19(27-3)24(18(16)26)12-17(25)23-21-11-15(20)10-14-8-6-5-7-9-14/h5-11H,4,12H2,1-3H3,(H,23,25). The number of hydrogen-bond donors (Lipinski definition) is 1. The van der Waals surface area contributed by atoms with E-state index in [-0.39, 0.29) is 12.1 Å². The molecular weight excluding hydrogens is 428 g/mol. The fraction of sp³-hybridized carbons (Fsp3) is 0.263. The van der Waals surface area contributed by atoms with Gasteiger partial charge in [0.05, 0.1) is 6.21 Å². The van der Waals surface area contributed by atoms with Crippen molar-refractivity contribution in [2.24, 2.45) is 5.10 Å². The maximum absolute atomic E-state index is 12.6. The van der Waals surface area contributed by atoms with Crippen LogP contribution in [0.25, 0.3) is 6.08 Å². The molecule has 1 N–H and O–H groups in total. The highest BCUT2D eigenvalue weighted by Crippen LogP contribution is 2.13. The molecule has 0 atom stereocenters. The van der Waals surface area contributed by atoms with Crippen LogP contribution in [0.2, 0.25) is 0 Å². The number of nitrogens with zero attached hydrogens (tertiary/aromatic N) is 3. The van der Waals surface area contributed by atoms with Crippen LogP contribution < -0.4 is 11.0 Å². The Bertz CT molecular complexity index is 923. The van der Waals surface area contributed by atoms with Crippen LogP contribution in [-0.4, -0.2) is 27.9 Å². The third-order valence-corrected chi connectivity index (χ3v) is 4.86. The van der Waals surface area contributed by atoms with E-state index in [9.17, 15) is 9.59 Å². The van der Waals surface area contributed by atoms with E-state index in [0.29, 0.717) is 27.3 Å². The van der Waals surface area contributed by atoms with E-state index in [0.717, 1.165) is 5.56 Å². The molecule has 0 bridgehead atoms. The van der Waals surface area contributed by atoms with Crippen LogP contribution in [0, 0.1) is 6.92 Å². The van der Waals surface area contributed by atoms with Gasteiger partial charge in [-0.2, -0.15) is 5.10 Å². The summed E-state index contributed by atoms with van der Waals surface area (Å²) < 4.78 is 2.09. The molecule has 1 heterocycles. The Kier molecular flexibility index (Phi) is 7.99. The second kappa shape index (κ2) is 10.2. The molecule has 142 valence electrons. The van der Waals surface area contributed by atoms with Crippen LogP contribution in [0.3, 0.4) is 0 Å². The quantitative estimate of drug-likeness (QED) is 0.304. The number of rotatable bonds is 7. The summed E-state index contributed by atoms with van der Waals surface area (Å²) in [6, 6.07) is 9.73. The minimum Gasteiger partial charge on any atom is -0.278 e. The zero-order chi connectivity index (χ0) is 19.8. The van der Waals surface area contributed by atoms with E-state index in [1.54, 1.807) is 0 Å². The van der Waals surface area contributed by atoms with E-state index in [1.165, 1.54) is 22.5 Å². The molecule has 0 saturated carbocycles. The van der Waals surface area contributed by atoms with E-state index in [4.69, 9.17) is 0 Å². The number of amides is 1. The minimum absolute atomic E-state index is 0.132. The van der Waals surface area contributed by atoms with Gasteiger partial charge >= 0.3 is 0 Å². The summed E-state index contributed by atoms with van der Waals surface area (Å²) in [5, 5.41) is 4.44. The Morgan fingerprint density at radius 1 is 1.37 bits per heavy atom. The van der Waals surface area contributed by atoms with E-state index in [2.05, 4.69) is 31.4 Å². The van der Waals surface area contributed by atoms with Gasteiger partial charge in [-0.15, -0.1) is 0 Å². The first-order chi connectivity index (χ1) is 13.0. The van der Waals surface area contributed by atoms with Gasteiger partial charge in [0.2, 0.25) is 0 Å². The molecule has 1 aromatic heterocycles. The molecule has 0 spiro atoms. The molecule has 27 heavy (non-hydrogen) atoms. The Hall–Kier alpha value is -2.19. The first-order valence-corrected chi connectivity index (χ1v) is 10.4. The smallest absolute Gasteiger partial charge is 0.260 e. The number of benzene rings is 1. The van der Waals surface area contributed by atoms with E-state index < -0.39 is 5.91 Å². The summed E-state index contributed by atoms with van der Waals surface area (Å²) in [5.41, 5.74) is 4.60. The molecule has 0 aliphatic heterocycles. The number of thioether (sulfide) groups is 1. The van der Waals surface area contributed by atoms with Crippen LogP contribution in [0.15, 0.2) is 49.9 Å². The Morgan fingerprint density at radius 2 is 2.07 bits per heavy atom. The van der Waals surface area contributed by atoms with Gasteiger partial charge in [0.1, 0.15) is 6.54 Å². The van der Waals surface area contributed by atoms with Crippen LogP contribution in [0.5, 0.6) is 0 Å². The first-order valence-electron chi connectivity index (χ1n) is 8.34. The lowest BCUT2D eigenvalue weighted by molar-refractivity contribution is -0.121. The average molecular weight is 449 g/mol. The maximum atomic E-state index is 12.6. The van der Waals surface area contributed by atoms with Crippen molar-refractivity contribution in [2.45, 2.75) is 32.0 Å². The summed E-state index contributed by atoms with van der Waals surface area (Å²) in [6.45, 7) is 3.58.